The van der Waals surface area contributed by atoms with Gasteiger partial charge < -0.3 is 15.0 Å². The van der Waals surface area contributed by atoms with Gasteiger partial charge in [0.2, 0.25) is 11.8 Å². The highest BCUT2D eigenvalue weighted by atomic mass is 35.5. The van der Waals surface area contributed by atoms with Crippen molar-refractivity contribution in [2.75, 3.05) is 18.4 Å². The van der Waals surface area contributed by atoms with Crippen LogP contribution in [0.4, 0.5) is 5.69 Å². The smallest absolute Gasteiger partial charge is 0.231 e. The van der Waals surface area contributed by atoms with Crippen molar-refractivity contribution in [3.8, 4) is 0 Å². The Bertz CT molecular complexity index is 993. The van der Waals surface area contributed by atoms with Crippen molar-refractivity contribution in [2.45, 2.75) is 18.1 Å². The Kier molecular flexibility index (Phi) is 4.45. The summed E-state index contributed by atoms with van der Waals surface area (Å²) in [6.45, 7) is 1.11. The number of hydrogen-bond donors (Lipinski definition) is 1. The van der Waals surface area contributed by atoms with Gasteiger partial charge in [0.1, 0.15) is 5.60 Å². The molecule has 6 heteroatoms. The third-order valence-corrected chi connectivity index (χ3v) is 6.32. The van der Waals surface area contributed by atoms with Gasteiger partial charge in [0.25, 0.3) is 0 Å². The molecule has 29 heavy (non-hydrogen) atoms. The molecule has 1 spiro atoms. The summed E-state index contributed by atoms with van der Waals surface area (Å²) in [6.07, 6.45) is 4.32. The van der Waals surface area contributed by atoms with E-state index in [2.05, 4.69) is 17.4 Å². The van der Waals surface area contributed by atoms with Crippen LogP contribution in [0.1, 0.15) is 5.56 Å². The van der Waals surface area contributed by atoms with Crippen LogP contribution < -0.4 is 5.32 Å². The van der Waals surface area contributed by atoms with Gasteiger partial charge in [-0.2, -0.15) is 0 Å². The van der Waals surface area contributed by atoms with Gasteiger partial charge >= 0.3 is 0 Å². The largest absolute Gasteiger partial charge is 0.360 e. The Morgan fingerprint density at radius 1 is 1.21 bits per heavy atom. The van der Waals surface area contributed by atoms with Gasteiger partial charge in [0.05, 0.1) is 24.5 Å². The van der Waals surface area contributed by atoms with Gasteiger partial charge in [-0.15, -0.1) is 0 Å². The quantitative estimate of drug-likeness (QED) is 0.772. The van der Waals surface area contributed by atoms with Crippen LogP contribution in [0.15, 0.2) is 66.7 Å². The number of fused-ring (bicyclic) bond motifs is 1. The number of nitrogens with one attached hydrogen (secondary N) is 1. The number of rotatable bonds is 5. The Labute approximate surface area is 174 Å². The van der Waals surface area contributed by atoms with Gasteiger partial charge in [-0.1, -0.05) is 60.2 Å². The fraction of sp³-hybridized carbons (Fsp3) is 0.304. The van der Waals surface area contributed by atoms with Crippen molar-refractivity contribution in [1.29, 1.82) is 0 Å². The number of benzene rings is 2. The summed E-state index contributed by atoms with van der Waals surface area (Å²) >= 11 is 6.02. The maximum Gasteiger partial charge on any atom is 0.231 e. The molecule has 2 aromatic carbocycles. The molecule has 3 heterocycles. The zero-order chi connectivity index (χ0) is 20.0. The molecule has 5 nitrogen and oxygen atoms in total. The molecule has 3 aliphatic rings. The van der Waals surface area contributed by atoms with Crippen LogP contribution in [-0.4, -0.2) is 41.5 Å². The minimum Gasteiger partial charge on any atom is -0.360 e. The number of halogens is 1. The van der Waals surface area contributed by atoms with Crippen LogP contribution in [0.5, 0.6) is 0 Å². The second-order valence-electron chi connectivity index (χ2n) is 7.89. The molecule has 2 aromatic rings. The number of nitrogens with zero attached hydrogens (tertiary/aromatic N) is 1. The SMILES string of the molecule is O=C(Nc1cccc(Cl)c1)[C@@H]1[C@H]2C=C[C@]3(CN(CCc4ccccc4)C(=O)[C@@H]13)O2. The number of carbonyl (C=O) groups excluding carboxylic acids is 2. The molecular formula is C23H21ClN2O3. The first-order valence-corrected chi connectivity index (χ1v) is 10.2. The first kappa shape index (κ1) is 18.4. The number of anilines is 1. The average Bonchev–Trinajstić information content (AvgIpc) is 3.35. The van der Waals surface area contributed by atoms with E-state index in [1.165, 1.54) is 5.56 Å². The van der Waals surface area contributed by atoms with Crippen molar-refractivity contribution >= 4 is 29.1 Å². The minimum absolute atomic E-state index is 0.000903. The summed E-state index contributed by atoms with van der Waals surface area (Å²) in [5, 5.41) is 3.45. The molecule has 0 saturated carbocycles. The third-order valence-electron chi connectivity index (χ3n) is 6.09. The van der Waals surface area contributed by atoms with E-state index in [1.54, 1.807) is 24.3 Å². The van der Waals surface area contributed by atoms with Crippen molar-refractivity contribution in [3.05, 3.63) is 77.3 Å². The van der Waals surface area contributed by atoms with Crippen LogP contribution in [-0.2, 0) is 20.7 Å². The van der Waals surface area contributed by atoms with Crippen LogP contribution >= 0.6 is 11.6 Å². The lowest BCUT2D eigenvalue weighted by molar-refractivity contribution is -0.135. The lowest BCUT2D eigenvalue weighted by atomic mass is 9.77. The molecular weight excluding hydrogens is 388 g/mol. The lowest BCUT2D eigenvalue weighted by Gasteiger charge is -2.23. The van der Waals surface area contributed by atoms with Gasteiger partial charge in [0.15, 0.2) is 0 Å². The number of hydrogen-bond acceptors (Lipinski definition) is 3. The molecule has 2 bridgehead atoms. The normalized spacial score (nSPS) is 29.3. The summed E-state index contributed by atoms with van der Waals surface area (Å²) < 4.78 is 6.17. The molecule has 148 valence electrons. The van der Waals surface area contributed by atoms with E-state index < -0.39 is 17.4 Å². The number of carbonyl (C=O) groups is 2. The Balaban J connectivity index is 1.33. The molecule has 3 aliphatic heterocycles. The summed E-state index contributed by atoms with van der Waals surface area (Å²) in [4.78, 5) is 28.1. The Hall–Kier alpha value is -2.63. The van der Waals surface area contributed by atoms with Crippen molar-refractivity contribution < 1.29 is 14.3 Å². The van der Waals surface area contributed by atoms with E-state index in [9.17, 15) is 9.59 Å². The van der Waals surface area contributed by atoms with Crippen LogP contribution in [0.25, 0.3) is 0 Å². The standard InChI is InChI=1S/C23H21ClN2O3/c24-16-7-4-8-17(13-16)25-21(27)19-18-9-11-23(29-18)14-26(22(28)20(19)23)12-10-15-5-2-1-3-6-15/h1-9,11,13,18-20H,10,12,14H2,(H,25,27)/t18-,19-,20-,23-/m1/s1. The van der Waals surface area contributed by atoms with E-state index in [4.69, 9.17) is 16.3 Å². The van der Waals surface area contributed by atoms with Gasteiger partial charge in [0, 0.05) is 17.3 Å². The van der Waals surface area contributed by atoms with Gasteiger partial charge in [-0.25, -0.2) is 0 Å². The lowest BCUT2D eigenvalue weighted by Crippen LogP contribution is -2.41. The average molecular weight is 409 g/mol. The molecule has 0 unspecified atom stereocenters. The maximum absolute atomic E-state index is 13.2. The summed E-state index contributed by atoms with van der Waals surface area (Å²) in [5.41, 5.74) is 1.12. The monoisotopic (exact) mass is 408 g/mol. The Morgan fingerprint density at radius 3 is 2.83 bits per heavy atom. The first-order chi connectivity index (χ1) is 14.1. The number of likely N-dealkylation sites (tertiary alicyclic amines) is 1. The molecule has 1 N–H and O–H groups in total. The second kappa shape index (κ2) is 7.01. The molecule has 4 atom stereocenters. The molecule has 2 fully saturated rings. The topological polar surface area (TPSA) is 58.6 Å². The first-order valence-electron chi connectivity index (χ1n) is 9.82. The highest BCUT2D eigenvalue weighted by Crippen LogP contribution is 2.52. The zero-order valence-electron chi connectivity index (χ0n) is 15.8. The predicted molar refractivity (Wildman–Crippen MR) is 111 cm³/mol. The second-order valence-corrected chi connectivity index (χ2v) is 8.33. The Morgan fingerprint density at radius 2 is 2.03 bits per heavy atom. The van der Waals surface area contributed by atoms with E-state index in [0.717, 1.165) is 6.42 Å². The van der Waals surface area contributed by atoms with Crippen molar-refractivity contribution in [1.82, 2.24) is 4.90 Å². The fourth-order valence-electron chi connectivity index (χ4n) is 4.77. The fourth-order valence-corrected chi connectivity index (χ4v) is 4.96. The molecule has 0 aromatic heterocycles. The molecule has 5 rings (SSSR count). The zero-order valence-corrected chi connectivity index (χ0v) is 16.5. The van der Waals surface area contributed by atoms with E-state index >= 15 is 0 Å². The number of ether oxygens (including phenoxy) is 1. The van der Waals surface area contributed by atoms with E-state index in [0.29, 0.717) is 23.8 Å². The van der Waals surface area contributed by atoms with E-state index in [-0.39, 0.29) is 17.9 Å². The maximum atomic E-state index is 13.2. The molecule has 0 aliphatic carbocycles. The highest BCUT2D eigenvalue weighted by Gasteiger charge is 2.66. The third kappa shape index (κ3) is 3.15. The predicted octanol–water partition coefficient (Wildman–Crippen LogP) is 3.30. The van der Waals surface area contributed by atoms with Crippen LogP contribution in [0.2, 0.25) is 5.02 Å². The minimum atomic E-state index is -0.686. The van der Waals surface area contributed by atoms with Crippen LogP contribution in [0.3, 0.4) is 0 Å². The summed E-state index contributed by atoms with van der Waals surface area (Å²) in [6, 6.07) is 17.1. The van der Waals surface area contributed by atoms with Gasteiger partial charge in [-0.3, -0.25) is 9.59 Å². The van der Waals surface area contributed by atoms with Gasteiger partial charge in [-0.05, 0) is 30.2 Å². The van der Waals surface area contributed by atoms with Crippen molar-refractivity contribution in [2.24, 2.45) is 11.8 Å². The number of amides is 2. The highest BCUT2D eigenvalue weighted by molar-refractivity contribution is 6.30. The molecule has 2 amide bonds. The summed E-state index contributed by atoms with van der Waals surface area (Å²) in [7, 11) is 0. The van der Waals surface area contributed by atoms with E-state index in [1.807, 2.05) is 35.3 Å². The van der Waals surface area contributed by atoms with Crippen molar-refractivity contribution in [3.63, 3.8) is 0 Å². The summed E-state index contributed by atoms with van der Waals surface area (Å²) in [5.74, 6) is -1.22. The molecule has 2 saturated heterocycles. The molecule has 0 radical (unpaired) electrons. The van der Waals surface area contributed by atoms with Crippen LogP contribution in [0, 0.1) is 11.8 Å².